The molecule has 1 unspecified atom stereocenters. The first-order valence-corrected chi connectivity index (χ1v) is 9.23. The number of nitrogens with one attached hydrogen (secondary N) is 2. The average molecular weight is 342 g/mol. The molecule has 1 atom stereocenters. The predicted molar refractivity (Wildman–Crippen MR) is 89.5 cm³/mol. The summed E-state index contributed by atoms with van der Waals surface area (Å²) in [5, 5.41) is 3.40. The maximum absolute atomic E-state index is 12.5. The number of ether oxygens (including phenoxy) is 2. The van der Waals surface area contributed by atoms with Crippen molar-refractivity contribution in [1.82, 2.24) is 10.0 Å². The highest BCUT2D eigenvalue weighted by molar-refractivity contribution is 7.89. The number of piperidine rings is 1. The number of sulfonamides is 1. The molecule has 0 spiro atoms. The van der Waals surface area contributed by atoms with Gasteiger partial charge in [-0.1, -0.05) is 13.8 Å². The Bertz CT molecular complexity index is 643. The molecule has 1 aliphatic heterocycles. The maximum atomic E-state index is 12.5. The van der Waals surface area contributed by atoms with Crippen LogP contribution in [-0.2, 0) is 10.0 Å². The molecule has 1 aliphatic rings. The van der Waals surface area contributed by atoms with Crippen molar-refractivity contribution in [2.24, 2.45) is 5.41 Å². The van der Waals surface area contributed by atoms with E-state index >= 15 is 0 Å². The Hall–Kier alpha value is -1.31. The van der Waals surface area contributed by atoms with Crippen LogP contribution < -0.4 is 19.5 Å². The van der Waals surface area contributed by atoms with Gasteiger partial charge < -0.3 is 14.8 Å². The molecule has 1 fully saturated rings. The van der Waals surface area contributed by atoms with Crippen molar-refractivity contribution >= 4 is 10.0 Å². The van der Waals surface area contributed by atoms with Gasteiger partial charge in [-0.2, -0.15) is 0 Å². The van der Waals surface area contributed by atoms with Gasteiger partial charge in [-0.15, -0.1) is 0 Å². The fourth-order valence-electron chi connectivity index (χ4n) is 2.88. The van der Waals surface area contributed by atoms with Crippen LogP contribution in [0.2, 0.25) is 0 Å². The monoisotopic (exact) mass is 342 g/mol. The summed E-state index contributed by atoms with van der Waals surface area (Å²) in [5.74, 6) is 0.896. The van der Waals surface area contributed by atoms with E-state index in [1.807, 2.05) is 0 Å². The molecule has 2 rings (SSSR count). The van der Waals surface area contributed by atoms with Crippen molar-refractivity contribution in [3.63, 3.8) is 0 Å². The molecule has 0 aromatic heterocycles. The Morgan fingerprint density at radius 3 is 2.57 bits per heavy atom. The molecule has 0 bridgehead atoms. The van der Waals surface area contributed by atoms with Crippen LogP contribution in [0.5, 0.6) is 11.5 Å². The lowest BCUT2D eigenvalue weighted by molar-refractivity contribution is 0.181. The molecular formula is C16H26N2O4S. The summed E-state index contributed by atoms with van der Waals surface area (Å²) in [6.07, 6.45) is 2.20. The van der Waals surface area contributed by atoms with E-state index < -0.39 is 10.0 Å². The van der Waals surface area contributed by atoms with Crippen LogP contribution in [0.1, 0.15) is 26.7 Å². The first-order valence-electron chi connectivity index (χ1n) is 7.75. The molecule has 0 saturated carbocycles. The normalized spacial score (nSPS) is 21.0. The van der Waals surface area contributed by atoms with E-state index in [2.05, 4.69) is 23.9 Å². The Kier molecular flexibility index (Phi) is 5.54. The quantitative estimate of drug-likeness (QED) is 0.824. The van der Waals surface area contributed by atoms with Gasteiger partial charge in [0.25, 0.3) is 0 Å². The molecule has 7 heteroatoms. The van der Waals surface area contributed by atoms with Crippen molar-refractivity contribution in [3.05, 3.63) is 18.2 Å². The fraction of sp³-hybridized carbons (Fsp3) is 0.625. The standard InChI is InChI=1S/C16H26N2O4S/c1-16(2)8-5-9-17-15(16)11-18-23(19,20)12-6-7-13(21-3)14(10-12)22-4/h6-7,10,15,17-18H,5,8-9,11H2,1-4H3. The van der Waals surface area contributed by atoms with Gasteiger partial charge in [0.1, 0.15) is 0 Å². The summed E-state index contributed by atoms with van der Waals surface area (Å²) in [7, 11) is -0.596. The van der Waals surface area contributed by atoms with Crippen molar-refractivity contribution < 1.29 is 17.9 Å². The number of hydrogen-bond acceptors (Lipinski definition) is 5. The SMILES string of the molecule is COc1ccc(S(=O)(=O)NCC2NCCCC2(C)C)cc1OC. The zero-order chi connectivity index (χ0) is 17.1. The molecule has 1 aromatic carbocycles. The highest BCUT2D eigenvalue weighted by Crippen LogP contribution is 2.31. The summed E-state index contributed by atoms with van der Waals surface area (Å²) in [6, 6.07) is 4.70. The van der Waals surface area contributed by atoms with Gasteiger partial charge in [0.15, 0.2) is 11.5 Å². The Balaban J connectivity index is 2.13. The van der Waals surface area contributed by atoms with Crippen LogP contribution >= 0.6 is 0 Å². The van der Waals surface area contributed by atoms with Gasteiger partial charge in [0.05, 0.1) is 19.1 Å². The van der Waals surface area contributed by atoms with Crippen molar-refractivity contribution in [2.75, 3.05) is 27.3 Å². The van der Waals surface area contributed by atoms with E-state index in [1.165, 1.54) is 26.4 Å². The molecule has 1 saturated heterocycles. The molecule has 1 heterocycles. The summed E-state index contributed by atoms with van der Waals surface area (Å²) in [5.41, 5.74) is 0.0678. The fourth-order valence-corrected chi connectivity index (χ4v) is 3.94. The lowest BCUT2D eigenvalue weighted by Gasteiger charge is -2.39. The van der Waals surface area contributed by atoms with Gasteiger partial charge in [-0.25, -0.2) is 13.1 Å². The van der Waals surface area contributed by atoms with Crippen molar-refractivity contribution in [2.45, 2.75) is 37.6 Å². The van der Waals surface area contributed by atoms with Crippen LogP contribution in [0.3, 0.4) is 0 Å². The van der Waals surface area contributed by atoms with E-state index in [0.29, 0.717) is 18.0 Å². The summed E-state index contributed by atoms with van der Waals surface area (Å²) in [6.45, 7) is 5.61. The molecule has 2 N–H and O–H groups in total. The largest absolute Gasteiger partial charge is 0.493 e. The second-order valence-electron chi connectivity index (χ2n) is 6.47. The number of benzene rings is 1. The Labute approximate surface area is 138 Å². The molecule has 1 aromatic rings. The van der Waals surface area contributed by atoms with Crippen LogP contribution in [0.25, 0.3) is 0 Å². The maximum Gasteiger partial charge on any atom is 0.240 e. The highest BCUT2D eigenvalue weighted by atomic mass is 32.2. The topological polar surface area (TPSA) is 76.7 Å². The molecule has 0 aliphatic carbocycles. The third-order valence-electron chi connectivity index (χ3n) is 4.47. The lowest BCUT2D eigenvalue weighted by atomic mass is 9.78. The molecular weight excluding hydrogens is 316 g/mol. The van der Waals surface area contributed by atoms with E-state index in [4.69, 9.17) is 9.47 Å². The van der Waals surface area contributed by atoms with E-state index in [9.17, 15) is 8.42 Å². The van der Waals surface area contributed by atoms with Gasteiger partial charge >= 0.3 is 0 Å². The average Bonchev–Trinajstić information content (AvgIpc) is 2.52. The van der Waals surface area contributed by atoms with Crippen LogP contribution in [0, 0.1) is 5.41 Å². The van der Waals surface area contributed by atoms with Gasteiger partial charge in [-0.3, -0.25) is 0 Å². The zero-order valence-electron chi connectivity index (χ0n) is 14.2. The minimum atomic E-state index is -3.59. The third kappa shape index (κ3) is 4.16. The van der Waals surface area contributed by atoms with Gasteiger partial charge in [-0.05, 0) is 36.9 Å². The number of rotatable bonds is 6. The molecule has 0 radical (unpaired) electrons. The molecule has 6 nitrogen and oxygen atoms in total. The summed E-state index contributed by atoms with van der Waals surface area (Å²) >= 11 is 0. The minimum absolute atomic E-state index is 0.0678. The smallest absolute Gasteiger partial charge is 0.240 e. The zero-order valence-corrected chi connectivity index (χ0v) is 15.0. The second kappa shape index (κ2) is 7.07. The van der Waals surface area contributed by atoms with E-state index in [0.717, 1.165) is 19.4 Å². The van der Waals surface area contributed by atoms with Crippen LogP contribution in [0.4, 0.5) is 0 Å². The summed E-state index contributed by atoms with van der Waals surface area (Å²) < 4.78 is 38.0. The first kappa shape index (κ1) is 18.0. The van der Waals surface area contributed by atoms with E-state index in [1.54, 1.807) is 6.07 Å². The first-order chi connectivity index (χ1) is 10.8. The summed E-state index contributed by atoms with van der Waals surface area (Å²) in [4.78, 5) is 0.170. The van der Waals surface area contributed by atoms with Gasteiger partial charge in [0, 0.05) is 18.7 Å². The number of hydrogen-bond donors (Lipinski definition) is 2. The minimum Gasteiger partial charge on any atom is -0.493 e. The second-order valence-corrected chi connectivity index (χ2v) is 8.23. The van der Waals surface area contributed by atoms with Crippen molar-refractivity contribution in [1.29, 1.82) is 0 Å². The lowest BCUT2D eigenvalue weighted by Crippen LogP contribution is -2.52. The molecule has 130 valence electrons. The van der Waals surface area contributed by atoms with Gasteiger partial charge in [0.2, 0.25) is 10.0 Å². The molecule has 23 heavy (non-hydrogen) atoms. The number of methoxy groups -OCH3 is 2. The predicted octanol–water partition coefficient (Wildman–Crippen LogP) is 1.76. The van der Waals surface area contributed by atoms with E-state index in [-0.39, 0.29) is 16.4 Å². The van der Waals surface area contributed by atoms with Crippen LogP contribution in [-0.4, -0.2) is 41.8 Å². The van der Waals surface area contributed by atoms with Crippen molar-refractivity contribution in [3.8, 4) is 11.5 Å². The molecule has 0 amide bonds. The Morgan fingerprint density at radius 2 is 1.96 bits per heavy atom. The van der Waals surface area contributed by atoms with Crippen LogP contribution in [0.15, 0.2) is 23.1 Å². The Morgan fingerprint density at radius 1 is 1.26 bits per heavy atom. The third-order valence-corrected chi connectivity index (χ3v) is 5.90. The highest BCUT2D eigenvalue weighted by Gasteiger charge is 2.32.